The molecule has 3 aromatic heterocycles. The number of aromatic nitrogens is 5. The predicted molar refractivity (Wildman–Crippen MR) is 121 cm³/mol. The Bertz CT molecular complexity index is 1420. The number of benzene rings is 2. The summed E-state index contributed by atoms with van der Waals surface area (Å²) in [6.45, 7) is 2.59. The minimum absolute atomic E-state index is 0.280. The summed E-state index contributed by atoms with van der Waals surface area (Å²) in [5, 5.41) is 11.4. The minimum atomic E-state index is -0.280. The number of nitrogens with one attached hydrogen (secondary N) is 2. The lowest BCUT2D eigenvalue weighted by Gasteiger charge is -2.29. The normalized spacial score (nSPS) is 14.3. The Hall–Kier alpha value is -3.98. The number of hydrogen-bond donors (Lipinski definition) is 2. The van der Waals surface area contributed by atoms with Crippen molar-refractivity contribution in [1.29, 1.82) is 0 Å². The van der Waals surface area contributed by atoms with Crippen LogP contribution in [0.15, 0.2) is 61.2 Å². The lowest BCUT2D eigenvalue weighted by molar-refractivity contribution is 0.122. The van der Waals surface area contributed by atoms with E-state index in [4.69, 9.17) is 9.72 Å². The molecule has 0 unspecified atom stereocenters. The van der Waals surface area contributed by atoms with Gasteiger partial charge in [0.1, 0.15) is 5.82 Å². The van der Waals surface area contributed by atoms with Crippen LogP contribution in [0.25, 0.3) is 27.8 Å². The maximum atomic E-state index is 14.9. The number of imidazole rings is 1. The van der Waals surface area contributed by atoms with Crippen LogP contribution in [0, 0.1) is 5.82 Å². The van der Waals surface area contributed by atoms with Gasteiger partial charge in [-0.2, -0.15) is 5.10 Å². The quantitative estimate of drug-likeness (QED) is 0.450. The zero-order chi connectivity index (χ0) is 21.5. The topological polar surface area (TPSA) is 83.4 Å². The summed E-state index contributed by atoms with van der Waals surface area (Å²) < 4.78 is 22.1. The van der Waals surface area contributed by atoms with Crippen LogP contribution in [0.2, 0.25) is 0 Å². The van der Waals surface area contributed by atoms with E-state index in [0.29, 0.717) is 49.1 Å². The number of aromatic amines is 1. The molecule has 0 bridgehead atoms. The predicted octanol–water partition coefficient (Wildman–Crippen LogP) is 3.99. The lowest BCUT2D eigenvalue weighted by Crippen LogP contribution is -2.36. The van der Waals surface area contributed by atoms with Crippen LogP contribution in [0.1, 0.15) is 0 Å². The first kappa shape index (κ1) is 18.8. The molecule has 2 N–H and O–H groups in total. The zero-order valence-electron chi connectivity index (χ0n) is 17.1. The van der Waals surface area contributed by atoms with Crippen LogP contribution >= 0.6 is 0 Å². The first-order valence-electron chi connectivity index (χ1n) is 10.4. The monoisotopic (exact) mass is 429 g/mol. The molecule has 1 aliphatic rings. The van der Waals surface area contributed by atoms with Gasteiger partial charge in [-0.3, -0.25) is 5.10 Å². The molecule has 0 radical (unpaired) electrons. The molecule has 0 spiro atoms. The van der Waals surface area contributed by atoms with Crippen LogP contribution in [0.4, 0.5) is 21.6 Å². The van der Waals surface area contributed by atoms with Crippen LogP contribution in [0.3, 0.4) is 0 Å². The van der Waals surface area contributed by atoms with Crippen molar-refractivity contribution in [3.05, 3.63) is 67.0 Å². The van der Waals surface area contributed by atoms with Gasteiger partial charge in [0.25, 0.3) is 0 Å². The SMILES string of the molecule is Fc1cc(Nc2nc(-c3ccc4cn[nH]c4c3)cn3ccnc23)ccc1N1CCOCC1. The molecule has 2 aromatic carbocycles. The fourth-order valence-corrected chi connectivity index (χ4v) is 4.03. The van der Waals surface area contributed by atoms with Crippen molar-refractivity contribution in [3.8, 4) is 11.3 Å². The Morgan fingerprint density at radius 2 is 2.00 bits per heavy atom. The Labute approximate surface area is 182 Å². The number of hydrogen-bond acceptors (Lipinski definition) is 6. The number of nitrogens with zero attached hydrogens (tertiary/aromatic N) is 5. The molecule has 1 fully saturated rings. The van der Waals surface area contributed by atoms with Crippen molar-refractivity contribution in [2.24, 2.45) is 0 Å². The van der Waals surface area contributed by atoms with E-state index in [2.05, 4.69) is 20.5 Å². The van der Waals surface area contributed by atoms with Gasteiger partial charge in [0, 0.05) is 48.3 Å². The molecule has 160 valence electrons. The lowest BCUT2D eigenvalue weighted by atomic mass is 10.1. The molecule has 1 saturated heterocycles. The Morgan fingerprint density at radius 1 is 1.09 bits per heavy atom. The van der Waals surface area contributed by atoms with E-state index in [-0.39, 0.29) is 5.82 Å². The van der Waals surface area contributed by atoms with Gasteiger partial charge < -0.3 is 19.4 Å². The van der Waals surface area contributed by atoms with E-state index in [1.807, 2.05) is 46.0 Å². The smallest absolute Gasteiger partial charge is 0.180 e. The summed E-state index contributed by atoms with van der Waals surface area (Å²) in [5.74, 6) is 0.271. The van der Waals surface area contributed by atoms with Crippen LogP contribution < -0.4 is 10.2 Å². The standard InChI is InChI=1S/C23H20FN7O/c24-18-12-17(3-4-21(18)30-7-9-32-10-8-30)27-22-23-25-5-6-31(23)14-20(28-22)15-1-2-16-13-26-29-19(16)11-15/h1-6,11-14H,7-10H2,(H,26,29)(H,27,28). The molecular weight excluding hydrogens is 409 g/mol. The first-order chi connectivity index (χ1) is 15.7. The molecule has 6 rings (SSSR count). The van der Waals surface area contributed by atoms with Crippen molar-refractivity contribution in [1.82, 2.24) is 24.6 Å². The third kappa shape index (κ3) is 3.32. The van der Waals surface area contributed by atoms with Gasteiger partial charge in [-0.25, -0.2) is 14.4 Å². The molecule has 5 aromatic rings. The Balaban J connectivity index is 1.36. The largest absolute Gasteiger partial charge is 0.378 e. The molecule has 9 heteroatoms. The van der Waals surface area contributed by atoms with E-state index in [1.54, 1.807) is 18.5 Å². The highest BCUT2D eigenvalue weighted by atomic mass is 19.1. The molecule has 32 heavy (non-hydrogen) atoms. The summed E-state index contributed by atoms with van der Waals surface area (Å²) in [4.78, 5) is 11.2. The highest BCUT2D eigenvalue weighted by Crippen LogP contribution is 2.29. The molecule has 0 amide bonds. The summed E-state index contributed by atoms with van der Waals surface area (Å²) >= 11 is 0. The molecule has 8 nitrogen and oxygen atoms in total. The number of morpholine rings is 1. The number of ether oxygens (including phenoxy) is 1. The number of H-pyrrole nitrogens is 1. The summed E-state index contributed by atoms with van der Waals surface area (Å²) in [6, 6.07) is 11.2. The second kappa shape index (κ2) is 7.61. The van der Waals surface area contributed by atoms with Crippen molar-refractivity contribution in [2.75, 3.05) is 36.5 Å². The molecule has 1 aliphatic heterocycles. The van der Waals surface area contributed by atoms with Gasteiger partial charge >= 0.3 is 0 Å². The summed E-state index contributed by atoms with van der Waals surface area (Å²) in [6.07, 6.45) is 7.29. The van der Waals surface area contributed by atoms with Gasteiger partial charge in [0.05, 0.1) is 36.3 Å². The molecular formula is C23H20FN7O. The van der Waals surface area contributed by atoms with Gasteiger partial charge in [0.2, 0.25) is 0 Å². The third-order valence-corrected chi connectivity index (χ3v) is 5.67. The number of anilines is 3. The number of rotatable bonds is 4. The Kier molecular flexibility index (Phi) is 4.46. The van der Waals surface area contributed by atoms with Gasteiger partial charge in [-0.15, -0.1) is 0 Å². The minimum Gasteiger partial charge on any atom is -0.378 e. The van der Waals surface area contributed by atoms with Crippen LogP contribution in [0.5, 0.6) is 0 Å². The Morgan fingerprint density at radius 3 is 2.88 bits per heavy atom. The van der Waals surface area contributed by atoms with Gasteiger partial charge in [-0.05, 0) is 24.3 Å². The van der Waals surface area contributed by atoms with Crippen molar-refractivity contribution in [3.63, 3.8) is 0 Å². The van der Waals surface area contributed by atoms with Crippen LogP contribution in [-0.4, -0.2) is 50.9 Å². The van der Waals surface area contributed by atoms with Crippen molar-refractivity contribution in [2.45, 2.75) is 0 Å². The molecule has 4 heterocycles. The third-order valence-electron chi connectivity index (χ3n) is 5.67. The van der Waals surface area contributed by atoms with Crippen molar-refractivity contribution >= 4 is 33.7 Å². The van der Waals surface area contributed by atoms with Gasteiger partial charge in [0.15, 0.2) is 11.5 Å². The zero-order valence-corrected chi connectivity index (χ0v) is 17.1. The maximum Gasteiger partial charge on any atom is 0.180 e. The first-order valence-corrected chi connectivity index (χ1v) is 10.4. The second-order valence-corrected chi connectivity index (χ2v) is 7.70. The fraction of sp³-hybridized carbons (Fsp3) is 0.174. The second-order valence-electron chi connectivity index (χ2n) is 7.70. The van der Waals surface area contributed by atoms with E-state index >= 15 is 0 Å². The van der Waals surface area contributed by atoms with E-state index < -0.39 is 0 Å². The maximum absolute atomic E-state index is 14.9. The highest BCUT2D eigenvalue weighted by molar-refractivity contribution is 5.84. The summed E-state index contributed by atoms with van der Waals surface area (Å²) in [5.41, 5.74) is 4.49. The number of fused-ring (bicyclic) bond motifs is 2. The van der Waals surface area contributed by atoms with E-state index in [0.717, 1.165) is 22.2 Å². The summed E-state index contributed by atoms with van der Waals surface area (Å²) in [7, 11) is 0. The average molecular weight is 429 g/mol. The molecule has 0 atom stereocenters. The van der Waals surface area contributed by atoms with Crippen molar-refractivity contribution < 1.29 is 9.13 Å². The van der Waals surface area contributed by atoms with Crippen LogP contribution in [-0.2, 0) is 4.74 Å². The fourth-order valence-electron chi connectivity index (χ4n) is 4.03. The number of halogens is 1. The average Bonchev–Trinajstić information content (AvgIpc) is 3.48. The van der Waals surface area contributed by atoms with E-state index in [1.165, 1.54) is 6.07 Å². The van der Waals surface area contributed by atoms with Gasteiger partial charge in [-0.1, -0.05) is 12.1 Å². The molecule has 0 saturated carbocycles. The highest BCUT2D eigenvalue weighted by Gasteiger charge is 2.16. The molecule has 0 aliphatic carbocycles. The van der Waals surface area contributed by atoms with E-state index in [9.17, 15) is 4.39 Å².